The molecule has 4 heteroatoms. The van der Waals surface area contributed by atoms with Crippen LogP contribution in [0.3, 0.4) is 0 Å². The van der Waals surface area contributed by atoms with Crippen molar-refractivity contribution in [1.29, 1.82) is 0 Å². The molecule has 0 saturated heterocycles. The molecule has 0 heterocycles. The van der Waals surface area contributed by atoms with Gasteiger partial charge in [0, 0.05) is 0 Å². The molecular weight excluding hydrogens is 412 g/mol. The summed E-state index contributed by atoms with van der Waals surface area (Å²) in [4.78, 5) is 22.9. The largest absolute Gasteiger partial charge is 0.481 e. The molecule has 1 unspecified atom stereocenters. The molecule has 0 rings (SSSR count). The van der Waals surface area contributed by atoms with E-state index in [0.717, 1.165) is 19.3 Å². The molecule has 1 atom stereocenters. The fourth-order valence-corrected chi connectivity index (χ4v) is 4.12. The maximum Gasteiger partial charge on any atom is 0.310 e. The molecule has 194 valence electrons. The summed E-state index contributed by atoms with van der Waals surface area (Å²) in [5.74, 6) is -2.16. The number of rotatable bonds is 25. The van der Waals surface area contributed by atoms with Crippen molar-refractivity contribution >= 4 is 11.9 Å². The van der Waals surface area contributed by atoms with Gasteiger partial charge in [0.25, 0.3) is 0 Å². The van der Waals surface area contributed by atoms with E-state index in [1.807, 2.05) is 13.0 Å². The third-order valence-corrected chi connectivity index (χ3v) is 6.26. The van der Waals surface area contributed by atoms with Gasteiger partial charge in [0.1, 0.15) is 0 Å². The standard InChI is InChI=1S/C29H54O4/c1-3-5-6-7-8-9-10-11-12-13-14-15-16-17-18-19-20-21-22-23-24-27(29(31)32)26-28(30)33-25-4-2/h23-24,27H,3-22,25-26H2,1-2H3,(H,31,32)/b24-23+. The molecule has 0 radical (unpaired) electrons. The summed E-state index contributed by atoms with van der Waals surface area (Å²) in [5, 5.41) is 9.25. The molecule has 0 amide bonds. The average Bonchev–Trinajstić information content (AvgIpc) is 2.80. The number of hydrogen-bond donors (Lipinski definition) is 1. The van der Waals surface area contributed by atoms with Crippen molar-refractivity contribution < 1.29 is 19.4 Å². The van der Waals surface area contributed by atoms with Crippen LogP contribution in [-0.4, -0.2) is 23.7 Å². The molecular formula is C29H54O4. The predicted molar refractivity (Wildman–Crippen MR) is 140 cm³/mol. The predicted octanol–water partition coefficient (Wildman–Crippen LogP) is 9.02. The van der Waals surface area contributed by atoms with Crippen molar-refractivity contribution in [2.75, 3.05) is 6.61 Å². The lowest BCUT2D eigenvalue weighted by atomic mass is 10.0. The zero-order chi connectivity index (χ0) is 24.4. The maximum absolute atomic E-state index is 11.6. The number of carbonyl (C=O) groups is 2. The summed E-state index contributed by atoms with van der Waals surface area (Å²) < 4.78 is 4.98. The van der Waals surface area contributed by atoms with Gasteiger partial charge in [-0.1, -0.05) is 135 Å². The van der Waals surface area contributed by atoms with Crippen molar-refractivity contribution in [3.05, 3.63) is 12.2 Å². The van der Waals surface area contributed by atoms with Gasteiger partial charge in [-0.3, -0.25) is 9.59 Å². The summed E-state index contributed by atoms with van der Waals surface area (Å²) in [6.45, 7) is 4.55. The van der Waals surface area contributed by atoms with Crippen molar-refractivity contribution in [3.63, 3.8) is 0 Å². The Kier molecular flexibility index (Phi) is 24.3. The number of ether oxygens (including phenoxy) is 1. The van der Waals surface area contributed by atoms with Crippen LogP contribution in [0.25, 0.3) is 0 Å². The van der Waals surface area contributed by atoms with Crippen molar-refractivity contribution in [2.45, 2.75) is 149 Å². The monoisotopic (exact) mass is 466 g/mol. The minimum atomic E-state index is -0.961. The Hall–Kier alpha value is -1.32. The van der Waals surface area contributed by atoms with Gasteiger partial charge >= 0.3 is 11.9 Å². The molecule has 0 aliphatic rings. The molecule has 0 spiro atoms. The zero-order valence-electron chi connectivity index (χ0n) is 22.0. The van der Waals surface area contributed by atoms with Crippen LogP contribution in [0.15, 0.2) is 12.2 Å². The van der Waals surface area contributed by atoms with Crippen molar-refractivity contribution in [2.24, 2.45) is 5.92 Å². The fourth-order valence-electron chi connectivity index (χ4n) is 4.12. The molecule has 1 N–H and O–H groups in total. The zero-order valence-corrected chi connectivity index (χ0v) is 22.0. The van der Waals surface area contributed by atoms with Gasteiger partial charge in [-0.05, 0) is 19.3 Å². The van der Waals surface area contributed by atoms with Crippen LogP contribution in [0.5, 0.6) is 0 Å². The first-order valence-corrected chi connectivity index (χ1v) is 14.2. The number of carboxylic acids is 1. The van der Waals surface area contributed by atoms with E-state index in [1.165, 1.54) is 109 Å². The highest BCUT2D eigenvalue weighted by atomic mass is 16.5. The van der Waals surface area contributed by atoms with Crippen LogP contribution < -0.4 is 0 Å². The number of aliphatic carboxylic acids is 1. The second-order valence-corrected chi connectivity index (χ2v) is 9.60. The highest BCUT2D eigenvalue weighted by Crippen LogP contribution is 2.15. The van der Waals surface area contributed by atoms with E-state index in [9.17, 15) is 14.7 Å². The highest BCUT2D eigenvalue weighted by molar-refractivity contribution is 5.80. The quantitative estimate of drug-likeness (QED) is 0.0828. The van der Waals surface area contributed by atoms with Crippen LogP contribution in [0.2, 0.25) is 0 Å². The number of allylic oxidation sites excluding steroid dienone is 1. The second-order valence-electron chi connectivity index (χ2n) is 9.60. The molecule has 0 saturated carbocycles. The average molecular weight is 467 g/mol. The summed E-state index contributed by atoms with van der Waals surface area (Å²) in [6, 6.07) is 0. The molecule has 0 bridgehead atoms. The molecule has 4 nitrogen and oxygen atoms in total. The molecule has 0 fully saturated rings. The number of esters is 1. The third kappa shape index (κ3) is 23.6. The van der Waals surface area contributed by atoms with E-state index in [4.69, 9.17) is 4.74 Å². The van der Waals surface area contributed by atoms with Crippen LogP contribution in [-0.2, 0) is 14.3 Å². The fraction of sp³-hybridized carbons (Fsp3) is 0.862. The van der Waals surface area contributed by atoms with E-state index in [0.29, 0.717) is 6.61 Å². The van der Waals surface area contributed by atoms with Gasteiger partial charge in [0.05, 0.1) is 18.9 Å². The van der Waals surface area contributed by atoms with Gasteiger partial charge in [0.15, 0.2) is 0 Å². The molecule has 0 aliphatic carbocycles. The van der Waals surface area contributed by atoms with E-state index < -0.39 is 17.9 Å². The van der Waals surface area contributed by atoms with Crippen LogP contribution >= 0.6 is 0 Å². The van der Waals surface area contributed by atoms with Crippen molar-refractivity contribution in [1.82, 2.24) is 0 Å². The minimum Gasteiger partial charge on any atom is -0.481 e. The van der Waals surface area contributed by atoms with E-state index >= 15 is 0 Å². The van der Waals surface area contributed by atoms with Crippen LogP contribution in [0, 0.1) is 5.92 Å². The Morgan fingerprint density at radius 1 is 0.667 bits per heavy atom. The molecule has 0 aromatic heterocycles. The SMILES string of the molecule is CCCCCCCCCCCCCCCCCCCC/C=C/C(CC(=O)OCCC)C(=O)O. The number of carboxylic acid groups (broad SMARTS) is 1. The second kappa shape index (κ2) is 25.3. The van der Waals surface area contributed by atoms with E-state index in [2.05, 4.69) is 6.92 Å². The molecule has 0 aromatic carbocycles. The van der Waals surface area contributed by atoms with Gasteiger partial charge in [-0.25, -0.2) is 0 Å². The van der Waals surface area contributed by atoms with E-state index in [1.54, 1.807) is 6.08 Å². The lowest BCUT2D eigenvalue weighted by Gasteiger charge is -2.07. The number of unbranched alkanes of at least 4 members (excludes halogenated alkanes) is 18. The maximum atomic E-state index is 11.6. The van der Waals surface area contributed by atoms with Crippen LogP contribution in [0.1, 0.15) is 149 Å². The summed E-state index contributed by atoms with van der Waals surface area (Å²) in [5.41, 5.74) is 0. The van der Waals surface area contributed by atoms with Crippen LogP contribution in [0.4, 0.5) is 0 Å². The summed E-state index contributed by atoms with van der Waals surface area (Å²) >= 11 is 0. The Morgan fingerprint density at radius 2 is 1.09 bits per heavy atom. The van der Waals surface area contributed by atoms with Crippen molar-refractivity contribution in [3.8, 4) is 0 Å². The van der Waals surface area contributed by atoms with Gasteiger partial charge < -0.3 is 9.84 Å². The normalized spacial score (nSPS) is 12.3. The number of hydrogen-bond acceptors (Lipinski definition) is 3. The first kappa shape index (κ1) is 31.7. The first-order valence-electron chi connectivity index (χ1n) is 14.2. The Labute approximate surface area is 204 Å². The first-order chi connectivity index (χ1) is 16.1. The summed E-state index contributed by atoms with van der Waals surface area (Å²) in [6.07, 6.45) is 29.7. The Bertz CT molecular complexity index is 472. The Balaban J connectivity index is 3.43. The van der Waals surface area contributed by atoms with Gasteiger partial charge in [-0.2, -0.15) is 0 Å². The minimum absolute atomic E-state index is 0.0784. The topological polar surface area (TPSA) is 63.6 Å². The highest BCUT2D eigenvalue weighted by Gasteiger charge is 2.18. The third-order valence-electron chi connectivity index (χ3n) is 6.26. The number of carbonyl (C=O) groups excluding carboxylic acids is 1. The Morgan fingerprint density at radius 3 is 1.48 bits per heavy atom. The smallest absolute Gasteiger partial charge is 0.310 e. The van der Waals surface area contributed by atoms with E-state index in [-0.39, 0.29) is 6.42 Å². The van der Waals surface area contributed by atoms with Gasteiger partial charge in [0.2, 0.25) is 0 Å². The van der Waals surface area contributed by atoms with Gasteiger partial charge in [-0.15, -0.1) is 0 Å². The molecule has 0 aromatic rings. The lowest BCUT2D eigenvalue weighted by molar-refractivity contribution is -0.150. The lowest BCUT2D eigenvalue weighted by Crippen LogP contribution is -2.17. The molecule has 0 aliphatic heterocycles. The summed E-state index contributed by atoms with van der Waals surface area (Å²) in [7, 11) is 0. The molecule has 33 heavy (non-hydrogen) atoms.